The number of benzene rings is 2. The van der Waals surface area contributed by atoms with Crippen molar-refractivity contribution in [3.8, 4) is 5.75 Å². The number of carbonyl (C=O) groups excluding carboxylic acids is 2. The summed E-state index contributed by atoms with van der Waals surface area (Å²) in [5.41, 5.74) is 2.54. The first-order valence-corrected chi connectivity index (χ1v) is 22.0. The van der Waals surface area contributed by atoms with Crippen molar-refractivity contribution < 1.29 is 66.9 Å². The molecule has 6 atom stereocenters. The lowest BCUT2D eigenvalue weighted by atomic mass is 9.76. The van der Waals surface area contributed by atoms with Crippen LogP contribution >= 0.6 is 0 Å². The highest BCUT2D eigenvalue weighted by atomic mass is 32.2. The largest absolute Gasteiger partial charge is 0.456 e. The number of esters is 2. The first kappa shape index (κ1) is 38.7. The van der Waals surface area contributed by atoms with Gasteiger partial charge in [-0.15, -0.1) is 0 Å². The minimum atomic E-state index is -5.79. The molecule has 0 amide bonds. The van der Waals surface area contributed by atoms with Crippen molar-refractivity contribution in [2.24, 2.45) is 11.8 Å². The van der Waals surface area contributed by atoms with Crippen LogP contribution in [0.25, 0.3) is 0 Å². The molecule has 3 aliphatic heterocycles. The van der Waals surface area contributed by atoms with E-state index in [1.54, 1.807) is 0 Å². The smallest absolute Gasteiger partial charge is 0.318 e. The van der Waals surface area contributed by atoms with Gasteiger partial charge in [0.25, 0.3) is 10.1 Å². The van der Waals surface area contributed by atoms with Crippen molar-refractivity contribution in [2.45, 2.75) is 148 Å². The van der Waals surface area contributed by atoms with Crippen LogP contribution in [0.15, 0.2) is 21.9 Å². The summed E-state index contributed by atoms with van der Waals surface area (Å²) in [7, 11) is -10.5. The highest BCUT2D eigenvalue weighted by Gasteiger charge is 2.72. The lowest BCUT2D eigenvalue weighted by Crippen LogP contribution is -2.48. The van der Waals surface area contributed by atoms with Crippen LogP contribution in [0, 0.1) is 35.1 Å². The van der Waals surface area contributed by atoms with Crippen LogP contribution in [0.2, 0.25) is 0 Å². The topological polar surface area (TPSA) is 160 Å². The molecule has 6 aliphatic rings. The molecule has 300 valence electrons. The van der Waals surface area contributed by atoms with Crippen LogP contribution in [-0.2, 0) is 43.5 Å². The molecule has 2 aromatic carbocycles. The molecule has 0 aromatic heterocycles. The molecule has 1 N–H and O–H groups in total. The van der Waals surface area contributed by atoms with Gasteiger partial charge in [-0.3, -0.25) is 18.3 Å². The van der Waals surface area contributed by atoms with E-state index in [4.69, 9.17) is 22.9 Å². The molecule has 6 fully saturated rings. The summed E-state index contributed by atoms with van der Waals surface area (Å²) in [5.74, 6) is -17.7. The Hall–Kier alpha value is -3.12. The molecule has 2 aromatic rings. The van der Waals surface area contributed by atoms with Crippen molar-refractivity contribution in [2.75, 3.05) is 0 Å². The van der Waals surface area contributed by atoms with E-state index in [0.29, 0.717) is 17.0 Å². The molecule has 2 bridgehead atoms. The Morgan fingerprint density at radius 1 is 0.673 bits per heavy atom. The average molecular weight is 815 g/mol. The van der Waals surface area contributed by atoms with Crippen molar-refractivity contribution in [1.82, 2.24) is 0 Å². The van der Waals surface area contributed by atoms with E-state index in [9.17, 15) is 44.0 Å². The van der Waals surface area contributed by atoms with Gasteiger partial charge < -0.3 is 14.2 Å². The molecule has 11 nitrogen and oxygen atoms in total. The van der Waals surface area contributed by atoms with Gasteiger partial charge >= 0.3 is 22.1 Å². The van der Waals surface area contributed by atoms with Gasteiger partial charge in [0.05, 0.1) is 0 Å². The maximum atomic E-state index is 14.9. The number of hydrogen-bond donors (Lipinski definition) is 1. The van der Waals surface area contributed by atoms with Gasteiger partial charge in [0.15, 0.2) is 22.6 Å². The van der Waals surface area contributed by atoms with Gasteiger partial charge in [0, 0.05) is 0 Å². The Kier molecular flexibility index (Phi) is 10.3. The standard InChI is InChI=1S/C38H42F4O11S2/c39-26-28(41)36(54(45,46)47)29(42)27(40)32(26)51-37(43)25-24-30-33(52-38(24)44)34(31(25)50-30)53-55(48,49)35-22(19-12-6-2-7-13-19)16-21(18-10-4-1-5-11-18)17-23(35)20-14-8-3-9-15-20/h16-20,24-25,30-31,33-34H,1-15H2,(H,45,46,47). The second kappa shape index (κ2) is 14.7. The fourth-order valence-corrected chi connectivity index (χ4v) is 12.3. The molecule has 8 rings (SSSR count). The maximum absolute atomic E-state index is 14.9. The predicted octanol–water partition coefficient (Wildman–Crippen LogP) is 7.25. The Morgan fingerprint density at radius 3 is 1.65 bits per heavy atom. The van der Waals surface area contributed by atoms with E-state index in [1.165, 1.54) is 0 Å². The molecule has 3 heterocycles. The summed E-state index contributed by atoms with van der Waals surface area (Å²) in [4.78, 5) is 24.4. The summed E-state index contributed by atoms with van der Waals surface area (Å²) in [6.07, 6.45) is 8.77. The predicted molar refractivity (Wildman–Crippen MR) is 183 cm³/mol. The third-order valence-electron chi connectivity index (χ3n) is 12.6. The van der Waals surface area contributed by atoms with Gasteiger partial charge in [-0.05, 0) is 73.0 Å². The molecular weight excluding hydrogens is 773 g/mol. The molecule has 17 heteroatoms. The quantitative estimate of drug-likeness (QED) is 0.0679. The molecule has 6 unspecified atom stereocenters. The van der Waals surface area contributed by atoms with Crippen molar-refractivity contribution >= 4 is 32.2 Å². The lowest BCUT2D eigenvalue weighted by Gasteiger charge is -2.33. The number of halogens is 4. The Morgan fingerprint density at radius 2 is 1.16 bits per heavy atom. The summed E-state index contributed by atoms with van der Waals surface area (Å²) in [6, 6.07) is 4.10. The molecule has 55 heavy (non-hydrogen) atoms. The van der Waals surface area contributed by atoms with Crippen molar-refractivity contribution in [1.29, 1.82) is 0 Å². The number of hydrogen-bond acceptors (Lipinski definition) is 10. The molecule has 0 radical (unpaired) electrons. The van der Waals surface area contributed by atoms with Crippen molar-refractivity contribution in [3.63, 3.8) is 0 Å². The first-order valence-electron chi connectivity index (χ1n) is 19.2. The van der Waals surface area contributed by atoms with Crippen LogP contribution in [0.4, 0.5) is 17.6 Å². The molecule has 3 saturated heterocycles. The van der Waals surface area contributed by atoms with Gasteiger partial charge in [-0.25, -0.2) is 8.78 Å². The van der Waals surface area contributed by atoms with Gasteiger partial charge in [0.2, 0.25) is 17.4 Å². The first-order chi connectivity index (χ1) is 26.2. The van der Waals surface area contributed by atoms with E-state index in [1.807, 2.05) is 12.1 Å². The highest BCUT2D eigenvalue weighted by molar-refractivity contribution is 7.87. The fraction of sp³-hybridized carbons (Fsp3) is 0.632. The zero-order valence-corrected chi connectivity index (χ0v) is 31.4. The zero-order chi connectivity index (χ0) is 39.0. The summed E-state index contributed by atoms with van der Waals surface area (Å²) < 4.78 is 143. The Balaban J connectivity index is 1.16. The van der Waals surface area contributed by atoms with Crippen LogP contribution in [0.3, 0.4) is 0 Å². The Bertz CT molecular complexity index is 2040. The average Bonchev–Trinajstić information content (AvgIpc) is 3.80. The third-order valence-corrected chi connectivity index (χ3v) is 15.0. The maximum Gasteiger partial charge on any atom is 0.318 e. The van der Waals surface area contributed by atoms with Gasteiger partial charge in [-0.1, -0.05) is 69.9 Å². The number of carbonyl (C=O) groups is 2. The van der Waals surface area contributed by atoms with Crippen LogP contribution in [-0.4, -0.2) is 57.7 Å². The van der Waals surface area contributed by atoms with E-state index >= 15 is 0 Å². The summed E-state index contributed by atoms with van der Waals surface area (Å²) in [5, 5.41) is 0. The molecule has 3 aliphatic carbocycles. The highest BCUT2D eigenvalue weighted by Crippen LogP contribution is 2.53. The summed E-state index contributed by atoms with van der Waals surface area (Å²) >= 11 is 0. The summed E-state index contributed by atoms with van der Waals surface area (Å²) in [6.45, 7) is 0. The Labute approximate surface area is 316 Å². The van der Waals surface area contributed by atoms with E-state index in [0.717, 1.165) is 102 Å². The number of rotatable bonds is 9. The lowest BCUT2D eigenvalue weighted by molar-refractivity contribution is -0.150. The van der Waals surface area contributed by atoms with Crippen LogP contribution in [0.5, 0.6) is 5.75 Å². The van der Waals surface area contributed by atoms with Crippen molar-refractivity contribution in [3.05, 3.63) is 52.1 Å². The van der Waals surface area contributed by atoms with Gasteiger partial charge in [-0.2, -0.15) is 25.6 Å². The second-order valence-corrected chi connectivity index (χ2v) is 18.7. The number of fused-ring (bicyclic) bond motifs is 1. The minimum Gasteiger partial charge on any atom is -0.456 e. The third kappa shape index (κ3) is 6.78. The minimum absolute atomic E-state index is 0.0431. The van der Waals surface area contributed by atoms with E-state index in [-0.39, 0.29) is 16.7 Å². The monoisotopic (exact) mass is 814 g/mol. The van der Waals surface area contributed by atoms with Gasteiger partial charge in [0.1, 0.15) is 35.0 Å². The molecule has 0 spiro atoms. The normalized spacial score (nSPS) is 29.1. The molecule has 3 saturated carbocycles. The fourth-order valence-electron chi connectivity index (χ4n) is 10.1. The number of ether oxygens (including phenoxy) is 3. The van der Waals surface area contributed by atoms with Crippen LogP contribution < -0.4 is 4.74 Å². The SMILES string of the molecule is O=C1OC2C(OS(=O)(=O)c3c(C4CCCCC4)cc(C4CCCCC4)cc3C3CCCCC3)C3OC2C1C3C(=O)Oc1c(F)c(F)c(S(=O)(=O)O)c(F)c1F. The second-order valence-electron chi connectivity index (χ2n) is 15.9. The van der Waals surface area contributed by atoms with E-state index < -0.39 is 102 Å². The van der Waals surface area contributed by atoms with E-state index in [2.05, 4.69) is 0 Å². The molecular formula is C38H42F4O11S2. The zero-order valence-electron chi connectivity index (χ0n) is 29.8. The van der Waals surface area contributed by atoms with Crippen LogP contribution in [0.1, 0.15) is 131 Å².